The van der Waals surface area contributed by atoms with E-state index in [-0.39, 0.29) is 5.56 Å². The van der Waals surface area contributed by atoms with E-state index in [9.17, 15) is 35.5 Å². The molecule has 0 spiro atoms. The average Bonchev–Trinajstić information content (AvgIpc) is 2.30. The zero-order chi connectivity index (χ0) is 15.9. The summed E-state index contributed by atoms with van der Waals surface area (Å²) in [5, 5.41) is 0. The third-order valence-electron chi connectivity index (χ3n) is 2.46. The largest absolute Gasteiger partial charge is 0.460 e. The molecular formula is C11H6BrF7O. The fourth-order valence-electron chi connectivity index (χ4n) is 1.29. The highest BCUT2D eigenvalue weighted by Crippen LogP contribution is 2.47. The smallest absolute Gasteiger partial charge is 0.287 e. The molecule has 0 aliphatic heterocycles. The number of halogens is 8. The Hall–Kier alpha value is -1.12. The predicted molar refractivity (Wildman–Crippen MR) is 59.2 cm³/mol. The quantitative estimate of drug-likeness (QED) is 0.556. The van der Waals surface area contributed by atoms with Gasteiger partial charge in [-0.25, -0.2) is 0 Å². The number of carbonyl (C=O) groups excluding carboxylic acids is 1. The van der Waals surface area contributed by atoms with Gasteiger partial charge in [0.25, 0.3) is 0 Å². The molecule has 112 valence electrons. The number of alkyl halides is 7. The van der Waals surface area contributed by atoms with E-state index < -0.39 is 29.4 Å². The molecule has 0 unspecified atom stereocenters. The molecule has 0 heterocycles. The first-order valence-electron chi connectivity index (χ1n) is 4.95. The highest BCUT2D eigenvalue weighted by Gasteiger charge is 2.76. The number of rotatable bonds is 3. The number of hydrogen-bond acceptors (Lipinski definition) is 1. The Morgan fingerprint density at radius 2 is 1.55 bits per heavy atom. The van der Waals surface area contributed by atoms with Gasteiger partial charge in [0.2, 0.25) is 5.78 Å². The molecule has 1 nitrogen and oxygen atoms in total. The van der Waals surface area contributed by atoms with Crippen LogP contribution >= 0.6 is 15.9 Å². The fourth-order valence-corrected chi connectivity index (χ4v) is 1.53. The molecule has 0 bridgehead atoms. The summed E-state index contributed by atoms with van der Waals surface area (Å²) in [6.45, 7) is 1.36. The Bertz CT molecular complexity index is 536. The van der Waals surface area contributed by atoms with Crippen LogP contribution in [0.4, 0.5) is 30.7 Å². The van der Waals surface area contributed by atoms with E-state index in [0.717, 1.165) is 18.2 Å². The van der Waals surface area contributed by atoms with Crippen LogP contribution in [0.1, 0.15) is 15.9 Å². The van der Waals surface area contributed by atoms with E-state index in [2.05, 4.69) is 15.9 Å². The van der Waals surface area contributed by atoms with Gasteiger partial charge in [0.05, 0.1) is 0 Å². The first-order chi connectivity index (χ1) is 8.82. The summed E-state index contributed by atoms with van der Waals surface area (Å²) in [7, 11) is 0. The minimum atomic E-state index is -6.53. The van der Waals surface area contributed by atoms with Gasteiger partial charge in [0.1, 0.15) is 0 Å². The highest BCUT2D eigenvalue weighted by molar-refractivity contribution is 9.10. The second-order valence-corrected chi connectivity index (χ2v) is 4.79. The van der Waals surface area contributed by atoms with E-state index in [1.807, 2.05) is 0 Å². The van der Waals surface area contributed by atoms with Crippen LogP contribution in [0.3, 0.4) is 0 Å². The minimum Gasteiger partial charge on any atom is -0.287 e. The maximum absolute atomic E-state index is 13.2. The van der Waals surface area contributed by atoms with Gasteiger partial charge >= 0.3 is 18.0 Å². The molecule has 0 atom stereocenters. The van der Waals surface area contributed by atoms with Gasteiger partial charge in [0, 0.05) is 10.0 Å². The Kier molecular flexibility index (Phi) is 4.24. The summed E-state index contributed by atoms with van der Waals surface area (Å²) in [6.07, 6.45) is -6.53. The Morgan fingerprint density at radius 3 is 1.95 bits per heavy atom. The van der Waals surface area contributed by atoms with Gasteiger partial charge in [0.15, 0.2) is 0 Å². The van der Waals surface area contributed by atoms with E-state index in [1.54, 1.807) is 0 Å². The molecule has 1 aromatic carbocycles. The molecule has 0 radical (unpaired) electrons. The lowest BCUT2D eigenvalue weighted by Crippen LogP contribution is -2.56. The monoisotopic (exact) mass is 366 g/mol. The predicted octanol–water partition coefficient (Wildman–Crippen LogP) is 4.77. The summed E-state index contributed by atoms with van der Waals surface area (Å²) < 4.78 is 88.1. The van der Waals surface area contributed by atoms with Crippen LogP contribution < -0.4 is 0 Å². The topological polar surface area (TPSA) is 17.1 Å². The van der Waals surface area contributed by atoms with Crippen LogP contribution in [0.15, 0.2) is 22.7 Å². The molecule has 0 fully saturated rings. The van der Waals surface area contributed by atoms with Crippen molar-refractivity contribution in [3.05, 3.63) is 33.8 Å². The van der Waals surface area contributed by atoms with Crippen molar-refractivity contribution in [3.8, 4) is 0 Å². The lowest BCUT2D eigenvalue weighted by Gasteiger charge is -2.27. The van der Waals surface area contributed by atoms with Gasteiger partial charge in [-0.05, 0) is 24.6 Å². The number of benzene rings is 1. The lowest BCUT2D eigenvalue weighted by molar-refractivity contribution is -0.339. The maximum atomic E-state index is 13.2. The SMILES string of the molecule is Cc1cc(C(=O)C(F)(F)C(F)(F)C(F)(F)F)ccc1Br. The number of carbonyl (C=O) groups is 1. The van der Waals surface area contributed by atoms with Crippen molar-refractivity contribution in [2.45, 2.75) is 24.9 Å². The summed E-state index contributed by atoms with van der Waals surface area (Å²) in [6, 6.07) is 2.64. The number of ketones is 1. The van der Waals surface area contributed by atoms with E-state index in [1.165, 1.54) is 6.92 Å². The number of aryl methyl sites for hydroxylation is 1. The van der Waals surface area contributed by atoms with Crippen molar-refractivity contribution in [2.75, 3.05) is 0 Å². The van der Waals surface area contributed by atoms with Gasteiger partial charge in [-0.15, -0.1) is 0 Å². The number of hydrogen-bond donors (Lipinski definition) is 0. The molecule has 1 rings (SSSR count). The van der Waals surface area contributed by atoms with E-state index >= 15 is 0 Å². The summed E-state index contributed by atoms with van der Waals surface area (Å²) >= 11 is 2.97. The van der Waals surface area contributed by atoms with Gasteiger partial charge in [-0.2, -0.15) is 30.7 Å². The van der Waals surface area contributed by atoms with Crippen molar-refractivity contribution >= 4 is 21.7 Å². The van der Waals surface area contributed by atoms with Crippen LogP contribution in [0.25, 0.3) is 0 Å². The Balaban J connectivity index is 3.28. The highest BCUT2D eigenvalue weighted by atomic mass is 79.9. The molecule has 0 N–H and O–H groups in total. The summed E-state index contributed by atoms with van der Waals surface area (Å²) in [5.74, 6) is -14.9. The third-order valence-corrected chi connectivity index (χ3v) is 3.35. The zero-order valence-corrected chi connectivity index (χ0v) is 11.3. The van der Waals surface area contributed by atoms with Gasteiger partial charge in [-0.3, -0.25) is 4.79 Å². The number of Topliss-reactive ketones (excluding diaryl/α,β-unsaturated/α-hetero) is 1. The Morgan fingerprint density at radius 1 is 1.05 bits per heavy atom. The van der Waals surface area contributed by atoms with Crippen LogP contribution in [0, 0.1) is 6.92 Å². The fraction of sp³-hybridized carbons (Fsp3) is 0.364. The molecule has 0 amide bonds. The summed E-state index contributed by atoms with van der Waals surface area (Å²) in [5.41, 5.74) is -0.693. The third kappa shape index (κ3) is 2.68. The first kappa shape index (κ1) is 16.9. The molecule has 0 aliphatic carbocycles. The second-order valence-electron chi connectivity index (χ2n) is 3.94. The average molecular weight is 367 g/mol. The Labute approximate surface area is 116 Å². The minimum absolute atomic E-state index is 0.238. The molecule has 0 aromatic heterocycles. The normalized spacial score (nSPS) is 13.4. The molecule has 0 saturated heterocycles. The van der Waals surface area contributed by atoms with Crippen LogP contribution in [0.2, 0.25) is 0 Å². The van der Waals surface area contributed by atoms with Gasteiger partial charge in [-0.1, -0.05) is 22.0 Å². The van der Waals surface area contributed by atoms with Crippen LogP contribution in [-0.4, -0.2) is 23.8 Å². The van der Waals surface area contributed by atoms with Crippen LogP contribution in [0.5, 0.6) is 0 Å². The van der Waals surface area contributed by atoms with Crippen molar-refractivity contribution in [1.29, 1.82) is 0 Å². The van der Waals surface area contributed by atoms with Gasteiger partial charge < -0.3 is 0 Å². The first-order valence-corrected chi connectivity index (χ1v) is 5.75. The van der Waals surface area contributed by atoms with Crippen molar-refractivity contribution in [2.24, 2.45) is 0 Å². The molecule has 0 saturated carbocycles. The molecular weight excluding hydrogens is 361 g/mol. The summed E-state index contributed by atoms with van der Waals surface area (Å²) in [4.78, 5) is 11.3. The molecule has 9 heteroatoms. The molecule has 1 aromatic rings. The maximum Gasteiger partial charge on any atom is 0.460 e. The molecule has 20 heavy (non-hydrogen) atoms. The van der Waals surface area contributed by atoms with Crippen molar-refractivity contribution in [3.63, 3.8) is 0 Å². The zero-order valence-electron chi connectivity index (χ0n) is 9.66. The van der Waals surface area contributed by atoms with E-state index in [0.29, 0.717) is 4.47 Å². The standard InChI is InChI=1S/C11H6BrF7O/c1-5-4-6(2-3-7(5)12)8(20)9(13,14)10(15,16)11(17,18)19/h2-4H,1H3. The van der Waals surface area contributed by atoms with E-state index in [4.69, 9.17) is 0 Å². The van der Waals surface area contributed by atoms with Crippen LogP contribution in [-0.2, 0) is 0 Å². The van der Waals surface area contributed by atoms with Crippen molar-refractivity contribution < 1.29 is 35.5 Å². The second kappa shape index (κ2) is 5.01. The lowest BCUT2D eigenvalue weighted by atomic mass is 9.99. The van der Waals surface area contributed by atoms with Crippen molar-refractivity contribution in [1.82, 2.24) is 0 Å². The molecule has 0 aliphatic rings.